The van der Waals surface area contributed by atoms with Crippen molar-refractivity contribution in [3.05, 3.63) is 42.7 Å². The van der Waals surface area contributed by atoms with Gasteiger partial charge in [0.15, 0.2) is 5.76 Å². The monoisotopic (exact) mass is 215 g/mol. The summed E-state index contributed by atoms with van der Waals surface area (Å²) < 4.78 is 10.2. The van der Waals surface area contributed by atoms with E-state index in [9.17, 15) is 0 Å². The second kappa shape index (κ2) is 4.23. The Hall–Kier alpha value is -2.03. The molecule has 0 spiro atoms. The maximum atomic E-state index is 5.16. The van der Waals surface area contributed by atoms with Gasteiger partial charge in [-0.25, -0.2) is 0 Å². The molecule has 0 saturated heterocycles. The van der Waals surface area contributed by atoms with E-state index in [-0.39, 0.29) is 0 Å². The summed E-state index contributed by atoms with van der Waals surface area (Å²) in [6, 6.07) is 9.55. The van der Waals surface area contributed by atoms with Gasteiger partial charge < -0.3 is 9.26 Å². The van der Waals surface area contributed by atoms with Crippen LogP contribution in [0.25, 0.3) is 16.8 Å². The first-order valence-corrected chi connectivity index (χ1v) is 4.97. The first-order valence-electron chi connectivity index (χ1n) is 4.97. The van der Waals surface area contributed by atoms with E-state index in [4.69, 9.17) is 9.26 Å². The number of rotatable bonds is 3. The summed E-state index contributed by atoms with van der Waals surface area (Å²) in [5, 5.41) is 3.99. The molecule has 0 atom stereocenters. The summed E-state index contributed by atoms with van der Waals surface area (Å²) in [6.07, 6.45) is 0. The Morgan fingerprint density at radius 3 is 2.50 bits per heavy atom. The second-order valence-electron chi connectivity index (χ2n) is 3.59. The minimum atomic E-state index is 0.714. The van der Waals surface area contributed by atoms with Gasteiger partial charge in [-0.3, -0.25) is 0 Å². The zero-order chi connectivity index (χ0) is 11.5. The molecule has 0 aliphatic heterocycles. The topological polar surface area (TPSA) is 35.3 Å². The van der Waals surface area contributed by atoms with Gasteiger partial charge in [-0.1, -0.05) is 11.7 Å². The largest absolute Gasteiger partial charge is 0.497 e. The molecule has 82 valence electrons. The Labute approximate surface area is 94.3 Å². The van der Waals surface area contributed by atoms with Crippen LogP contribution in [0.5, 0.6) is 5.75 Å². The fourth-order valence-corrected chi connectivity index (χ4v) is 1.37. The molecule has 0 radical (unpaired) electrons. The normalized spacial score (nSPS) is 10.1. The first kappa shape index (κ1) is 10.5. The number of ether oxygens (including phenoxy) is 1. The molecule has 1 heterocycles. The molecule has 0 saturated carbocycles. The molecular weight excluding hydrogens is 202 g/mol. The molecule has 0 amide bonds. The van der Waals surface area contributed by atoms with Crippen molar-refractivity contribution in [2.24, 2.45) is 0 Å². The fraction of sp³-hybridized carbons (Fsp3) is 0.154. The van der Waals surface area contributed by atoms with E-state index in [1.54, 1.807) is 7.11 Å². The molecule has 3 nitrogen and oxygen atoms in total. The van der Waals surface area contributed by atoms with E-state index in [1.165, 1.54) is 0 Å². The van der Waals surface area contributed by atoms with E-state index >= 15 is 0 Å². The number of hydrogen-bond donors (Lipinski definition) is 0. The minimum absolute atomic E-state index is 0.714. The molecule has 2 aromatic rings. The maximum Gasteiger partial charge on any atom is 0.162 e. The SMILES string of the molecule is C=C(C)c1cc(-c2ccc(OC)cc2)no1. The Morgan fingerprint density at radius 1 is 1.31 bits per heavy atom. The van der Waals surface area contributed by atoms with Gasteiger partial charge in [0.25, 0.3) is 0 Å². The van der Waals surface area contributed by atoms with E-state index in [0.717, 1.165) is 22.6 Å². The highest BCUT2D eigenvalue weighted by Gasteiger charge is 2.06. The Kier molecular flexibility index (Phi) is 2.77. The first-order chi connectivity index (χ1) is 7.70. The zero-order valence-corrected chi connectivity index (χ0v) is 9.36. The molecule has 0 fully saturated rings. The van der Waals surface area contributed by atoms with Crippen LogP contribution in [0.15, 0.2) is 41.4 Å². The van der Waals surface area contributed by atoms with E-state index < -0.39 is 0 Å². The minimum Gasteiger partial charge on any atom is -0.497 e. The highest BCUT2D eigenvalue weighted by atomic mass is 16.5. The van der Waals surface area contributed by atoms with Crippen molar-refractivity contribution in [3.63, 3.8) is 0 Å². The molecule has 0 bridgehead atoms. The van der Waals surface area contributed by atoms with Gasteiger partial charge in [0.1, 0.15) is 11.4 Å². The summed E-state index contributed by atoms with van der Waals surface area (Å²) in [6.45, 7) is 5.69. The molecule has 3 heteroatoms. The predicted octanol–water partition coefficient (Wildman–Crippen LogP) is 3.38. The van der Waals surface area contributed by atoms with Crippen molar-refractivity contribution >= 4 is 5.57 Å². The number of benzene rings is 1. The van der Waals surface area contributed by atoms with Crippen LogP contribution in [0, 0.1) is 0 Å². The van der Waals surface area contributed by atoms with Crippen LogP contribution >= 0.6 is 0 Å². The molecule has 0 aliphatic rings. The van der Waals surface area contributed by atoms with Crippen LogP contribution in [0.4, 0.5) is 0 Å². The van der Waals surface area contributed by atoms with Crippen LogP contribution < -0.4 is 4.74 Å². The predicted molar refractivity (Wildman–Crippen MR) is 63.2 cm³/mol. The van der Waals surface area contributed by atoms with Crippen LogP contribution in [0.1, 0.15) is 12.7 Å². The van der Waals surface area contributed by atoms with Gasteiger partial charge in [0.2, 0.25) is 0 Å². The molecule has 1 aromatic carbocycles. The molecule has 2 rings (SSSR count). The van der Waals surface area contributed by atoms with Gasteiger partial charge in [-0.2, -0.15) is 0 Å². The van der Waals surface area contributed by atoms with Crippen molar-refractivity contribution in [3.8, 4) is 17.0 Å². The van der Waals surface area contributed by atoms with Crippen molar-refractivity contribution < 1.29 is 9.26 Å². The third-order valence-electron chi connectivity index (χ3n) is 2.32. The Morgan fingerprint density at radius 2 is 2.00 bits per heavy atom. The molecule has 1 aromatic heterocycles. The van der Waals surface area contributed by atoms with Gasteiger partial charge in [0.05, 0.1) is 7.11 Å². The molecule has 0 aliphatic carbocycles. The quantitative estimate of drug-likeness (QED) is 0.787. The van der Waals surface area contributed by atoms with Gasteiger partial charge in [-0.05, 0) is 36.8 Å². The van der Waals surface area contributed by atoms with E-state index in [0.29, 0.717) is 5.76 Å². The summed E-state index contributed by atoms with van der Waals surface area (Å²) in [5.74, 6) is 1.54. The van der Waals surface area contributed by atoms with Crippen LogP contribution in [0.3, 0.4) is 0 Å². The molecule has 0 N–H and O–H groups in total. The lowest BCUT2D eigenvalue weighted by Crippen LogP contribution is -1.82. The lowest BCUT2D eigenvalue weighted by Gasteiger charge is -1.99. The standard InChI is InChI=1S/C13H13NO2/c1-9(2)13-8-12(14-16-13)10-4-6-11(15-3)7-5-10/h4-8H,1H2,2-3H3. The van der Waals surface area contributed by atoms with Crippen LogP contribution in [-0.2, 0) is 0 Å². The Balaban J connectivity index is 2.31. The summed E-state index contributed by atoms with van der Waals surface area (Å²) in [4.78, 5) is 0. The molecule has 0 unspecified atom stereocenters. The summed E-state index contributed by atoms with van der Waals surface area (Å²) in [7, 11) is 1.64. The second-order valence-corrected chi connectivity index (χ2v) is 3.59. The average Bonchev–Trinajstić information content (AvgIpc) is 2.78. The summed E-state index contributed by atoms with van der Waals surface area (Å²) >= 11 is 0. The van der Waals surface area contributed by atoms with Crippen molar-refractivity contribution in [1.29, 1.82) is 0 Å². The lowest BCUT2D eigenvalue weighted by molar-refractivity contribution is 0.412. The number of hydrogen-bond acceptors (Lipinski definition) is 3. The van der Waals surface area contributed by atoms with Crippen LogP contribution in [-0.4, -0.2) is 12.3 Å². The highest BCUT2D eigenvalue weighted by Crippen LogP contribution is 2.24. The third kappa shape index (κ3) is 1.98. The lowest BCUT2D eigenvalue weighted by atomic mass is 10.1. The number of nitrogens with zero attached hydrogens (tertiary/aromatic N) is 1. The summed E-state index contributed by atoms with van der Waals surface area (Å²) in [5.41, 5.74) is 2.67. The number of allylic oxidation sites excluding steroid dienone is 1. The Bertz CT molecular complexity index is 497. The van der Waals surface area contributed by atoms with E-state index in [2.05, 4.69) is 11.7 Å². The molecular formula is C13H13NO2. The van der Waals surface area contributed by atoms with Gasteiger partial charge in [0, 0.05) is 11.6 Å². The van der Waals surface area contributed by atoms with Crippen molar-refractivity contribution in [1.82, 2.24) is 5.16 Å². The molecule has 16 heavy (non-hydrogen) atoms. The number of aromatic nitrogens is 1. The zero-order valence-electron chi connectivity index (χ0n) is 9.36. The van der Waals surface area contributed by atoms with Crippen LogP contribution in [0.2, 0.25) is 0 Å². The smallest absolute Gasteiger partial charge is 0.162 e. The van der Waals surface area contributed by atoms with Crippen molar-refractivity contribution in [2.75, 3.05) is 7.11 Å². The van der Waals surface area contributed by atoms with E-state index in [1.807, 2.05) is 37.3 Å². The maximum absolute atomic E-state index is 5.16. The average molecular weight is 215 g/mol. The fourth-order valence-electron chi connectivity index (χ4n) is 1.37. The van der Waals surface area contributed by atoms with Gasteiger partial charge >= 0.3 is 0 Å². The third-order valence-corrected chi connectivity index (χ3v) is 2.32. The number of methoxy groups -OCH3 is 1. The van der Waals surface area contributed by atoms with Gasteiger partial charge in [-0.15, -0.1) is 0 Å². The highest BCUT2D eigenvalue weighted by molar-refractivity contribution is 5.65. The van der Waals surface area contributed by atoms with Crippen molar-refractivity contribution in [2.45, 2.75) is 6.92 Å².